The first-order chi connectivity index (χ1) is 13.6. The lowest BCUT2D eigenvalue weighted by molar-refractivity contribution is -0.118. The van der Waals surface area contributed by atoms with Crippen molar-refractivity contribution in [2.24, 2.45) is 10.9 Å². The van der Waals surface area contributed by atoms with Gasteiger partial charge in [0, 0.05) is 31.7 Å². The molecule has 0 saturated carbocycles. The number of hydrogen-bond acceptors (Lipinski definition) is 3. The van der Waals surface area contributed by atoms with E-state index in [-0.39, 0.29) is 35.8 Å². The predicted octanol–water partition coefficient (Wildman–Crippen LogP) is 4.03. The maximum atomic E-state index is 11.7. The number of aliphatic imine (C=N–C) groups is 1. The van der Waals surface area contributed by atoms with Crippen molar-refractivity contribution in [2.75, 3.05) is 25.5 Å². The SMILES string of the molecule is CN=C(NCCCOc1ccccc1)NCc1ccc(NC(=O)C(C)C)cc1.I. The summed E-state index contributed by atoms with van der Waals surface area (Å²) in [7, 11) is 1.75. The van der Waals surface area contributed by atoms with Crippen molar-refractivity contribution in [3.8, 4) is 5.75 Å². The Kier molecular flexibility index (Phi) is 11.8. The number of carbonyl (C=O) groups excluding carboxylic acids is 1. The Hall–Kier alpha value is -2.29. The zero-order chi connectivity index (χ0) is 20.2. The van der Waals surface area contributed by atoms with E-state index in [1.165, 1.54) is 0 Å². The van der Waals surface area contributed by atoms with E-state index in [9.17, 15) is 4.79 Å². The first kappa shape index (κ1) is 24.7. The van der Waals surface area contributed by atoms with Gasteiger partial charge in [0.25, 0.3) is 0 Å². The summed E-state index contributed by atoms with van der Waals surface area (Å²) < 4.78 is 5.67. The zero-order valence-corrected chi connectivity index (χ0v) is 19.6. The fourth-order valence-corrected chi connectivity index (χ4v) is 2.38. The molecule has 0 aromatic heterocycles. The van der Waals surface area contributed by atoms with Gasteiger partial charge in [-0.05, 0) is 36.2 Å². The van der Waals surface area contributed by atoms with E-state index in [1.807, 2.05) is 68.4 Å². The van der Waals surface area contributed by atoms with Gasteiger partial charge in [-0.2, -0.15) is 0 Å². The Labute approximate surface area is 190 Å². The number of carbonyl (C=O) groups is 1. The second-order valence-electron chi connectivity index (χ2n) is 6.71. The molecule has 1 amide bonds. The predicted molar refractivity (Wildman–Crippen MR) is 130 cm³/mol. The van der Waals surface area contributed by atoms with Crippen LogP contribution in [0.2, 0.25) is 0 Å². The first-order valence-electron chi connectivity index (χ1n) is 9.60. The van der Waals surface area contributed by atoms with Crippen molar-refractivity contribution in [3.05, 3.63) is 60.2 Å². The van der Waals surface area contributed by atoms with Gasteiger partial charge in [0.15, 0.2) is 5.96 Å². The van der Waals surface area contributed by atoms with E-state index in [0.29, 0.717) is 13.2 Å². The lowest BCUT2D eigenvalue weighted by atomic mass is 10.1. The number of halogens is 1. The third-order valence-electron chi connectivity index (χ3n) is 4.05. The molecular weight excluding hydrogens is 479 g/mol. The summed E-state index contributed by atoms with van der Waals surface area (Å²) >= 11 is 0. The Bertz CT molecular complexity index is 749. The highest BCUT2D eigenvalue weighted by Gasteiger charge is 2.06. The van der Waals surface area contributed by atoms with E-state index in [1.54, 1.807) is 7.05 Å². The van der Waals surface area contributed by atoms with E-state index < -0.39 is 0 Å². The molecule has 0 bridgehead atoms. The van der Waals surface area contributed by atoms with Crippen LogP contribution in [0, 0.1) is 5.92 Å². The Balaban J connectivity index is 0.00000420. The number of para-hydroxylation sites is 1. The summed E-state index contributed by atoms with van der Waals surface area (Å²) in [5.74, 6) is 1.62. The second-order valence-corrected chi connectivity index (χ2v) is 6.71. The molecule has 2 aromatic carbocycles. The molecule has 7 heteroatoms. The van der Waals surface area contributed by atoms with E-state index >= 15 is 0 Å². The fourth-order valence-electron chi connectivity index (χ4n) is 2.38. The minimum Gasteiger partial charge on any atom is -0.494 e. The lowest BCUT2D eigenvalue weighted by Gasteiger charge is -2.13. The molecule has 0 aliphatic rings. The summed E-state index contributed by atoms with van der Waals surface area (Å²) in [6, 6.07) is 17.6. The summed E-state index contributed by atoms with van der Waals surface area (Å²) in [6.45, 7) is 5.82. The Morgan fingerprint density at radius 1 is 1.03 bits per heavy atom. The number of amides is 1. The number of benzene rings is 2. The minimum atomic E-state index is -0.0335. The molecule has 0 radical (unpaired) electrons. The molecule has 0 spiro atoms. The van der Waals surface area contributed by atoms with Crippen LogP contribution in [0.4, 0.5) is 5.69 Å². The Morgan fingerprint density at radius 2 is 1.72 bits per heavy atom. The number of rotatable bonds is 9. The number of guanidine groups is 1. The average Bonchev–Trinajstić information content (AvgIpc) is 2.71. The van der Waals surface area contributed by atoms with Crippen LogP contribution in [-0.4, -0.2) is 32.1 Å². The number of nitrogens with zero attached hydrogens (tertiary/aromatic N) is 1. The van der Waals surface area contributed by atoms with Crippen LogP contribution in [0.25, 0.3) is 0 Å². The molecule has 0 unspecified atom stereocenters. The molecule has 6 nitrogen and oxygen atoms in total. The maximum Gasteiger partial charge on any atom is 0.226 e. The minimum absolute atomic E-state index is 0. The molecule has 29 heavy (non-hydrogen) atoms. The molecule has 0 saturated heterocycles. The smallest absolute Gasteiger partial charge is 0.226 e. The van der Waals surface area contributed by atoms with Gasteiger partial charge in [-0.1, -0.05) is 44.2 Å². The lowest BCUT2D eigenvalue weighted by Crippen LogP contribution is -2.37. The van der Waals surface area contributed by atoms with Crippen LogP contribution >= 0.6 is 24.0 Å². The van der Waals surface area contributed by atoms with Gasteiger partial charge in [0.1, 0.15) is 5.75 Å². The third kappa shape index (κ3) is 9.65. The number of ether oxygens (including phenoxy) is 1. The van der Waals surface area contributed by atoms with Gasteiger partial charge in [-0.15, -0.1) is 24.0 Å². The molecule has 0 heterocycles. The van der Waals surface area contributed by atoms with Gasteiger partial charge in [0.05, 0.1) is 6.61 Å². The van der Waals surface area contributed by atoms with Crippen LogP contribution in [0.1, 0.15) is 25.8 Å². The summed E-state index contributed by atoms with van der Waals surface area (Å²) in [4.78, 5) is 16.0. The van der Waals surface area contributed by atoms with Gasteiger partial charge in [-0.25, -0.2) is 0 Å². The monoisotopic (exact) mass is 510 g/mol. The molecule has 2 rings (SSSR count). The van der Waals surface area contributed by atoms with Crippen LogP contribution < -0.4 is 20.7 Å². The highest BCUT2D eigenvalue weighted by atomic mass is 127. The molecule has 158 valence electrons. The van der Waals surface area contributed by atoms with Crippen molar-refractivity contribution in [1.29, 1.82) is 0 Å². The summed E-state index contributed by atoms with van der Waals surface area (Å²) in [6.07, 6.45) is 0.875. The molecule has 0 aliphatic heterocycles. The van der Waals surface area contributed by atoms with Crippen LogP contribution in [0.3, 0.4) is 0 Å². The number of nitrogens with one attached hydrogen (secondary N) is 3. The van der Waals surface area contributed by atoms with Crippen LogP contribution in [0.5, 0.6) is 5.75 Å². The van der Waals surface area contributed by atoms with E-state index in [0.717, 1.165) is 35.9 Å². The largest absolute Gasteiger partial charge is 0.494 e. The number of anilines is 1. The van der Waals surface area contributed by atoms with Gasteiger partial charge in [-0.3, -0.25) is 9.79 Å². The zero-order valence-electron chi connectivity index (χ0n) is 17.3. The van der Waals surface area contributed by atoms with Crippen molar-refractivity contribution in [3.63, 3.8) is 0 Å². The molecule has 2 aromatic rings. The Morgan fingerprint density at radius 3 is 2.34 bits per heavy atom. The molecule has 3 N–H and O–H groups in total. The van der Waals surface area contributed by atoms with Crippen LogP contribution in [-0.2, 0) is 11.3 Å². The topological polar surface area (TPSA) is 74.8 Å². The van der Waals surface area contributed by atoms with E-state index in [2.05, 4.69) is 20.9 Å². The maximum absolute atomic E-state index is 11.7. The second kappa shape index (κ2) is 13.8. The number of hydrogen-bond donors (Lipinski definition) is 3. The highest BCUT2D eigenvalue weighted by molar-refractivity contribution is 14.0. The molecular formula is C22H31IN4O2. The highest BCUT2D eigenvalue weighted by Crippen LogP contribution is 2.11. The fraction of sp³-hybridized carbons (Fsp3) is 0.364. The van der Waals surface area contributed by atoms with Gasteiger partial charge in [0.2, 0.25) is 5.91 Å². The van der Waals surface area contributed by atoms with Crippen molar-refractivity contribution in [2.45, 2.75) is 26.8 Å². The molecule has 0 atom stereocenters. The van der Waals surface area contributed by atoms with E-state index in [4.69, 9.17) is 4.74 Å². The van der Waals surface area contributed by atoms with Gasteiger partial charge < -0.3 is 20.7 Å². The van der Waals surface area contributed by atoms with Crippen molar-refractivity contribution >= 4 is 41.5 Å². The summed E-state index contributed by atoms with van der Waals surface area (Å²) in [5.41, 5.74) is 1.92. The standard InChI is InChI=1S/C22H30N4O2.HI/c1-17(2)21(27)26-19-12-10-18(11-13-19)16-25-22(23-3)24-14-7-15-28-20-8-5-4-6-9-20;/h4-6,8-13,17H,7,14-16H2,1-3H3,(H,26,27)(H2,23,24,25);1H. The summed E-state index contributed by atoms with van der Waals surface area (Å²) in [5, 5.41) is 9.45. The third-order valence-corrected chi connectivity index (χ3v) is 4.05. The quantitative estimate of drug-likeness (QED) is 0.206. The van der Waals surface area contributed by atoms with Crippen molar-refractivity contribution < 1.29 is 9.53 Å². The van der Waals surface area contributed by atoms with Crippen molar-refractivity contribution in [1.82, 2.24) is 10.6 Å². The van der Waals surface area contributed by atoms with Gasteiger partial charge >= 0.3 is 0 Å². The average molecular weight is 510 g/mol. The molecule has 0 aliphatic carbocycles. The first-order valence-corrected chi connectivity index (χ1v) is 9.60. The van der Waals surface area contributed by atoms with Crippen LogP contribution in [0.15, 0.2) is 59.6 Å². The molecule has 0 fully saturated rings. The normalized spacial score (nSPS) is 10.8.